The molecule has 1 aliphatic rings. The van der Waals surface area contributed by atoms with Crippen molar-refractivity contribution >= 4 is 0 Å². The minimum atomic E-state index is -0.310. The Kier molecular flexibility index (Phi) is 3.98. The van der Waals surface area contributed by atoms with Gasteiger partial charge in [-0.1, -0.05) is 6.42 Å². The fourth-order valence-corrected chi connectivity index (χ4v) is 1.85. The van der Waals surface area contributed by atoms with Gasteiger partial charge < -0.3 is 15.7 Å². The van der Waals surface area contributed by atoms with Crippen LogP contribution in [-0.4, -0.2) is 42.3 Å². The van der Waals surface area contributed by atoms with Gasteiger partial charge in [0.05, 0.1) is 6.10 Å². The predicted molar refractivity (Wildman–Crippen MR) is 49.9 cm³/mol. The molecule has 12 heavy (non-hydrogen) atoms. The molecule has 1 aliphatic heterocycles. The summed E-state index contributed by atoms with van der Waals surface area (Å²) in [6.45, 7) is 1.56. The second kappa shape index (κ2) is 4.80. The number of aliphatic hydroxyl groups is 1. The number of nitrogens with zero attached hydrogens (tertiary/aromatic N) is 1. The van der Waals surface area contributed by atoms with E-state index in [4.69, 9.17) is 5.73 Å². The molecule has 0 radical (unpaired) electrons. The van der Waals surface area contributed by atoms with Crippen molar-refractivity contribution < 1.29 is 5.11 Å². The maximum atomic E-state index is 9.38. The summed E-state index contributed by atoms with van der Waals surface area (Å²) in [4.78, 5) is 2.34. The lowest BCUT2D eigenvalue weighted by molar-refractivity contribution is 0.0990. The molecule has 2 atom stereocenters. The minimum Gasteiger partial charge on any atom is -0.392 e. The first-order valence-corrected chi connectivity index (χ1v) is 4.82. The molecule has 0 bridgehead atoms. The maximum absolute atomic E-state index is 9.38. The van der Waals surface area contributed by atoms with Crippen LogP contribution in [0.2, 0.25) is 0 Å². The zero-order valence-corrected chi connectivity index (χ0v) is 7.87. The third kappa shape index (κ3) is 2.73. The molecular weight excluding hydrogens is 152 g/mol. The Morgan fingerprint density at radius 3 is 2.92 bits per heavy atom. The molecule has 0 aliphatic carbocycles. The topological polar surface area (TPSA) is 49.5 Å². The van der Waals surface area contributed by atoms with Gasteiger partial charge in [-0.05, 0) is 32.9 Å². The molecule has 3 heteroatoms. The van der Waals surface area contributed by atoms with Crippen molar-refractivity contribution in [2.75, 3.05) is 20.1 Å². The van der Waals surface area contributed by atoms with Crippen LogP contribution in [0.4, 0.5) is 0 Å². The average Bonchev–Trinajstić information content (AvgIpc) is 2.09. The highest BCUT2D eigenvalue weighted by Crippen LogP contribution is 2.18. The van der Waals surface area contributed by atoms with Crippen LogP contribution in [0.5, 0.6) is 0 Å². The highest BCUT2D eigenvalue weighted by Gasteiger charge is 2.20. The fraction of sp³-hybridized carbons (Fsp3) is 1.00. The van der Waals surface area contributed by atoms with Gasteiger partial charge in [-0.2, -0.15) is 0 Å². The van der Waals surface area contributed by atoms with E-state index in [1.807, 2.05) is 0 Å². The Morgan fingerprint density at radius 1 is 1.58 bits per heavy atom. The van der Waals surface area contributed by atoms with Gasteiger partial charge in [0.1, 0.15) is 0 Å². The van der Waals surface area contributed by atoms with E-state index in [-0.39, 0.29) is 6.10 Å². The Hall–Kier alpha value is -0.120. The monoisotopic (exact) mass is 172 g/mol. The van der Waals surface area contributed by atoms with E-state index in [0.29, 0.717) is 12.6 Å². The lowest BCUT2D eigenvalue weighted by Crippen LogP contribution is -2.39. The first kappa shape index (κ1) is 9.96. The van der Waals surface area contributed by atoms with Crippen molar-refractivity contribution in [3.05, 3.63) is 0 Å². The van der Waals surface area contributed by atoms with Crippen LogP contribution in [0.25, 0.3) is 0 Å². The smallest absolute Gasteiger partial charge is 0.0677 e. The largest absolute Gasteiger partial charge is 0.392 e. The van der Waals surface area contributed by atoms with Crippen LogP contribution in [0.3, 0.4) is 0 Å². The first-order chi connectivity index (χ1) is 5.74. The van der Waals surface area contributed by atoms with Crippen molar-refractivity contribution in [3.8, 4) is 0 Å². The van der Waals surface area contributed by atoms with Crippen LogP contribution in [-0.2, 0) is 0 Å². The number of hydrogen-bond donors (Lipinski definition) is 2. The molecule has 72 valence electrons. The number of rotatable bonds is 3. The first-order valence-electron chi connectivity index (χ1n) is 4.82. The second-order valence-electron chi connectivity index (χ2n) is 3.76. The van der Waals surface area contributed by atoms with E-state index in [1.165, 1.54) is 25.8 Å². The van der Waals surface area contributed by atoms with Crippen molar-refractivity contribution in [3.63, 3.8) is 0 Å². The fourth-order valence-electron chi connectivity index (χ4n) is 1.85. The van der Waals surface area contributed by atoms with Gasteiger partial charge in [0.25, 0.3) is 0 Å². The van der Waals surface area contributed by atoms with Crippen molar-refractivity contribution in [1.29, 1.82) is 0 Å². The summed E-state index contributed by atoms with van der Waals surface area (Å²) in [6.07, 6.45) is 4.34. The van der Waals surface area contributed by atoms with E-state index in [0.717, 1.165) is 6.42 Å². The summed E-state index contributed by atoms with van der Waals surface area (Å²) in [7, 11) is 2.13. The second-order valence-corrected chi connectivity index (χ2v) is 3.76. The van der Waals surface area contributed by atoms with Gasteiger partial charge in [0.15, 0.2) is 0 Å². The van der Waals surface area contributed by atoms with Crippen LogP contribution < -0.4 is 5.73 Å². The molecule has 1 rings (SSSR count). The standard InChI is InChI=1S/C9H20N2O/c1-11-5-3-2-4-8(11)6-9(12)7-10/h8-9,12H,2-7,10H2,1H3. The van der Waals surface area contributed by atoms with E-state index in [2.05, 4.69) is 11.9 Å². The number of piperidine rings is 1. The number of nitrogens with two attached hydrogens (primary N) is 1. The zero-order valence-electron chi connectivity index (χ0n) is 7.87. The normalized spacial score (nSPS) is 28.8. The summed E-state index contributed by atoms with van der Waals surface area (Å²) in [5.74, 6) is 0. The predicted octanol–water partition coefficient (Wildman–Crippen LogP) is 0.180. The number of likely N-dealkylation sites (tertiary alicyclic amines) is 1. The van der Waals surface area contributed by atoms with Crippen LogP contribution in [0.15, 0.2) is 0 Å². The van der Waals surface area contributed by atoms with Gasteiger partial charge in [-0.3, -0.25) is 0 Å². The molecule has 0 saturated carbocycles. The van der Waals surface area contributed by atoms with Gasteiger partial charge in [0.2, 0.25) is 0 Å². The highest BCUT2D eigenvalue weighted by molar-refractivity contribution is 4.77. The van der Waals surface area contributed by atoms with E-state index in [1.54, 1.807) is 0 Å². The minimum absolute atomic E-state index is 0.310. The van der Waals surface area contributed by atoms with Gasteiger partial charge >= 0.3 is 0 Å². The third-order valence-corrected chi connectivity index (χ3v) is 2.74. The third-order valence-electron chi connectivity index (χ3n) is 2.74. The molecule has 1 saturated heterocycles. The molecule has 0 amide bonds. The molecule has 1 fully saturated rings. The van der Waals surface area contributed by atoms with Gasteiger partial charge in [0, 0.05) is 12.6 Å². The van der Waals surface area contributed by atoms with Crippen LogP contribution >= 0.6 is 0 Å². The molecular formula is C9H20N2O. The van der Waals surface area contributed by atoms with E-state index in [9.17, 15) is 5.11 Å². The SMILES string of the molecule is CN1CCCCC1CC(O)CN. The van der Waals surface area contributed by atoms with Crippen LogP contribution in [0, 0.1) is 0 Å². The van der Waals surface area contributed by atoms with Crippen molar-refractivity contribution in [2.45, 2.75) is 37.8 Å². The molecule has 0 spiro atoms. The van der Waals surface area contributed by atoms with Crippen molar-refractivity contribution in [2.24, 2.45) is 5.73 Å². The molecule has 3 N–H and O–H groups in total. The van der Waals surface area contributed by atoms with Gasteiger partial charge in [-0.25, -0.2) is 0 Å². The average molecular weight is 172 g/mol. The van der Waals surface area contributed by atoms with Crippen LogP contribution in [0.1, 0.15) is 25.7 Å². The summed E-state index contributed by atoms with van der Waals surface area (Å²) in [5.41, 5.74) is 5.37. The number of aliphatic hydroxyl groups excluding tert-OH is 1. The summed E-state index contributed by atoms with van der Waals surface area (Å²) in [5, 5.41) is 9.38. The zero-order chi connectivity index (χ0) is 8.97. The molecule has 0 aromatic rings. The van der Waals surface area contributed by atoms with E-state index < -0.39 is 0 Å². The molecule has 1 heterocycles. The molecule has 0 aromatic carbocycles. The molecule has 0 aromatic heterocycles. The Morgan fingerprint density at radius 2 is 2.33 bits per heavy atom. The molecule has 2 unspecified atom stereocenters. The Labute approximate surface area is 74.5 Å². The summed E-state index contributed by atoms with van der Waals surface area (Å²) >= 11 is 0. The van der Waals surface area contributed by atoms with Crippen molar-refractivity contribution in [1.82, 2.24) is 4.90 Å². The summed E-state index contributed by atoms with van der Waals surface area (Å²) < 4.78 is 0. The Balaban J connectivity index is 2.28. The Bertz CT molecular complexity index is 130. The molecule has 3 nitrogen and oxygen atoms in total. The lowest BCUT2D eigenvalue weighted by Gasteiger charge is -2.33. The van der Waals surface area contributed by atoms with Gasteiger partial charge in [-0.15, -0.1) is 0 Å². The summed E-state index contributed by atoms with van der Waals surface area (Å²) in [6, 6.07) is 0.553. The number of hydrogen-bond acceptors (Lipinski definition) is 3. The highest BCUT2D eigenvalue weighted by atomic mass is 16.3. The quantitative estimate of drug-likeness (QED) is 0.638. The van der Waals surface area contributed by atoms with E-state index >= 15 is 0 Å². The lowest BCUT2D eigenvalue weighted by atomic mass is 9.97. The maximum Gasteiger partial charge on any atom is 0.0677 e.